The van der Waals surface area contributed by atoms with Gasteiger partial charge in [-0.2, -0.15) is 0 Å². The molecule has 0 aliphatic heterocycles. The van der Waals surface area contributed by atoms with E-state index in [9.17, 15) is 8.42 Å². The molecule has 0 amide bonds. The van der Waals surface area contributed by atoms with Gasteiger partial charge < -0.3 is 10.1 Å². The van der Waals surface area contributed by atoms with Crippen LogP contribution in [0.5, 0.6) is 5.75 Å². The molecule has 0 saturated heterocycles. The molecule has 0 saturated carbocycles. The van der Waals surface area contributed by atoms with Crippen LogP contribution in [-0.2, 0) is 9.84 Å². The highest BCUT2D eigenvalue weighted by molar-refractivity contribution is 7.90. The van der Waals surface area contributed by atoms with Gasteiger partial charge >= 0.3 is 0 Å². The van der Waals surface area contributed by atoms with Crippen LogP contribution in [0.3, 0.4) is 0 Å². The number of sulfone groups is 1. The van der Waals surface area contributed by atoms with E-state index < -0.39 is 9.84 Å². The van der Waals surface area contributed by atoms with Gasteiger partial charge in [0.15, 0.2) is 9.84 Å². The number of hydrogen-bond donors (Lipinski definition) is 1. The van der Waals surface area contributed by atoms with Crippen LogP contribution in [0.2, 0.25) is 0 Å². The molecule has 0 aliphatic carbocycles. The fourth-order valence-corrected chi connectivity index (χ4v) is 2.10. The second kappa shape index (κ2) is 5.86. The molecule has 0 spiro atoms. The molecule has 0 unspecified atom stereocenters. The molecule has 5 heteroatoms. The molecule has 1 N–H and O–H groups in total. The van der Waals surface area contributed by atoms with Crippen LogP contribution >= 0.6 is 0 Å². The van der Waals surface area contributed by atoms with Crippen LogP contribution in [0, 0.1) is 0 Å². The van der Waals surface area contributed by atoms with Crippen molar-refractivity contribution in [3.8, 4) is 5.75 Å². The number of nitrogens with one attached hydrogen (secondary N) is 1. The minimum atomic E-state index is -3.22. The molecule has 1 aromatic rings. The summed E-state index contributed by atoms with van der Waals surface area (Å²) in [5, 5.41) is 3.10. The van der Waals surface area contributed by atoms with E-state index in [1.54, 1.807) is 24.3 Å². The maximum atomic E-state index is 11.4. The van der Waals surface area contributed by atoms with Gasteiger partial charge in [-0.15, -0.1) is 0 Å². The summed E-state index contributed by atoms with van der Waals surface area (Å²) in [5.74, 6) is 0.419. The van der Waals surface area contributed by atoms with Crippen molar-refractivity contribution in [1.29, 1.82) is 0 Å². The first-order valence-corrected chi connectivity index (χ1v) is 7.07. The number of ether oxygens (including phenoxy) is 1. The lowest BCUT2D eigenvalue weighted by Crippen LogP contribution is -2.20. The molecule has 0 aliphatic rings. The van der Waals surface area contributed by atoms with Crippen LogP contribution < -0.4 is 10.1 Å². The van der Waals surface area contributed by atoms with E-state index in [2.05, 4.69) is 5.32 Å². The minimum absolute atomic E-state index is 0.242. The zero-order valence-electron chi connectivity index (χ0n) is 9.56. The first-order chi connectivity index (χ1) is 7.55. The van der Waals surface area contributed by atoms with E-state index in [-0.39, 0.29) is 4.90 Å². The Morgan fingerprint density at radius 1 is 1.31 bits per heavy atom. The Labute approximate surface area is 96.5 Å². The van der Waals surface area contributed by atoms with E-state index >= 15 is 0 Å². The van der Waals surface area contributed by atoms with Gasteiger partial charge in [0.05, 0.1) is 0 Å². The van der Waals surface area contributed by atoms with E-state index in [0.29, 0.717) is 18.9 Å². The van der Waals surface area contributed by atoms with E-state index in [1.807, 2.05) is 6.92 Å². The summed E-state index contributed by atoms with van der Waals surface area (Å²) < 4.78 is 28.3. The third-order valence-electron chi connectivity index (χ3n) is 2.04. The Kier molecular flexibility index (Phi) is 4.76. The van der Waals surface area contributed by atoms with E-state index in [4.69, 9.17) is 4.74 Å². The molecular formula is C11H17NO3S. The summed E-state index contributed by atoms with van der Waals surface area (Å²) >= 11 is 0. The fraction of sp³-hybridized carbons (Fsp3) is 0.455. The Balaban J connectivity index is 2.73. The Hall–Kier alpha value is -1.07. The largest absolute Gasteiger partial charge is 0.491 e. The highest BCUT2D eigenvalue weighted by Gasteiger charge is 2.12. The summed E-state index contributed by atoms with van der Waals surface area (Å²) in [5.41, 5.74) is 0. The normalized spacial score (nSPS) is 11.4. The van der Waals surface area contributed by atoms with Gasteiger partial charge in [0.25, 0.3) is 0 Å². The SMILES string of the molecule is CCNCCOc1ccccc1S(C)(=O)=O. The van der Waals surface area contributed by atoms with Gasteiger partial charge in [0.1, 0.15) is 17.3 Å². The number of likely N-dealkylation sites (N-methyl/N-ethyl adjacent to an activating group) is 1. The molecule has 0 atom stereocenters. The van der Waals surface area contributed by atoms with Gasteiger partial charge in [-0.05, 0) is 18.7 Å². The molecule has 1 aromatic carbocycles. The third kappa shape index (κ3) is 3.83. The first-order valence-electron chi connectivity index (χ1n) is 5.18. The average molecular weight is 243 g/mol. The van der Waals surface area contributed by atoms with Crippen molar-refractivity contribution in [2.24, 2.45) is 0 Å². The molecule has 1 rings (SSSR count). The summed E-state index contributed by atoms with van der Waals surface area (Å²) in [6.07, 6.45) is 1.18. The second-order valence-electron chi connectivity index (χ2n) is 3.42. The summed E-state index contributed by atoms with van der Waals surface area (Å²) in [6.45, 7) is 4.04. The zero-order chi connectivity index (χ0) is 12.0. The van der Waals surface area contributed by atoms with Crippen molar-refractivity contribution < 1.29 is 13.2 Å². The third-order valence-corrected chi connectivity index (χ3v) is 3.17. The predicted molar refractivity (Wildman–Crippen MR) is 63.6 cm³/mol. The molecule has 0 radical (unpaired) electrons. The average Bonchev–Trinajstić information content (AvgIpc) is 2.24. The lowest BCUT2D eigenvalue weighted by Gasteiger charge is -2.10. The van der Waals surface area contributed by atoms with Gasteiger partial charge in [-0.3, -0.25) is 0 Å². The zero-order valence-corrected chi connectivity index (χ0v) is 10.4. The summed E-state index contributed by atoms with van der Waals surface area (Å²) in [7, 11) is -3.22. The van der Waals surface area contributed by atoms with Crippen LogP contribution in [0.1, 0.15) is 6.92 Å². The van der Waals surface area contributed by atoms with Crippen molar-refractivity contribution in [1.82, 2.24) is 5.32 Å². The molecule has 0 heterocycles. The number of rotatable bonds is 6. The first kappa shape index (κ1) is 13.0. The van der Waals surface area contributed by atoms with Gasteiger partial charge in [-0.1, -0.05) is 19.1 Å². The Morgan fingerprint density at radius 3 is 2.62 bits per heavy atom. The van der Waals surface area contributed by atoms with Crippen molar-refractivity contribution in [2.45, 2.75) is 11.8 Å². The van der Waals surface area contributed by atoms with Crippen LogP contribution in [-0.4, -0.2) is 34.4 Å². The molecule has 16 heavy (non-hydrogen) atoms. The maximum absolute atomic E-state index is 11.4. The van der Waals surface area contributed by atoms with Gasteiger partial charge in [-0.25, -0.2) is 8.42 Å². The highest BCUT2D eigenvalue weighted by atomic mass is 32.2. The quantitative estimate of drug-likeness (QED) is 0.760. The smallest absolute Gasteiger partial charge is 0.179 e. The van der Waals surface area contributed by atoms with Crippen molar-refractivity contribution >= 4 is 9.84 Å². The Bertz CT molecular complexity index is 429. The van der Waals surface area contributed by atoms with Crippen LogP contribution in [0.15, 0.2) is 29.2 Å². The Morgan fingerprint density at radius 2 is 2.00 bits per heavy atom. The lowest BCUT2D eigenvalue weighted by molar-refractivity contribution is 0.307. The molecule has 4 nitrogen and oxygen atoms in total. The summed E-state index contributed by atoms with van der Waals surface area (Å²) in [6, 6.07) is 6.67. The monoisotopic (exact) mass is 243 g/mol. The summed E-state index contributed by atoms with van der Waals surface area (Å²) in [4.78, 5) is 0.242. The van der Waals surface area contributed by atoms with Crippen molar-refractivity contribution in [3.05, 3.63) is 24.3 Å². The van der Waals surface area contributed by atoms with Crippen LogP contribution in [0.25, 0.3) is 0 Å². The topological polar surface area (TPSA) is 55.4 Å². The van der Waals surface area contributed by atoms with Crippen molar-refractivity contribution in [2.75, 3.05) is 26.0 Å². The minimum Gasteiger partial charge on any atom is -0.491 e. The van der Waals surface area contributed by atoms with E-state index in [0.717, 1.165) is 6.54 Å². The highest BCUT2D eigenvalue weighted by Crippen LogP contribution is 2.22. The second-order valence-corrected chi connectivity index (χ2v) is 5.41. The molecule has 0 aromatic heterocycles. The van der Waals surface area contributed by atoms with Gasteiger partial charge in [0, 0.05) is 12.8 Å². The predicted octanol–water partition coefficient (Wildman–Crippen LogP) is 1.08. The number of benzene rings is 1. The number of para-hydroxylation sites is 1. The maximum Gasteiger partial charge on any atom is 0.179 e. The lowest BCUT2D eigenvalue weighted by atomic mass is 10.3. The molecule has 90 valence electrons. The fourth-order valence-electron chi connectivity index (χ4n) is 1.29. The number of hydrogen-bond acceptors (Lipinski definition) is 4. The van der Waals surface area contributed by atoms with Crippen LogP contribution in [0.4, 0.5) is 0 Å². The van der Waals surface area contributed by atoms with Crippen molar-refractivity contribution in [3.63, 3.8) is 0 Å². The van der Waals surface area contributed by atoms with Gasteiger partial charge in [0.2, 0.25) is 0 Å². The molecule has 0 bridgehead atoms. The molecular weight excluding hydrogens is 226 g/mol. The standard InChI is InChI=1S/C11H17NO3S/c1-3-12-8-9-15-10-6-4-5-7-11(10)16(2,13)14/h4-7,12H,3,8-9H2,1-2H3. The van der Waals surface area contributed by atoms with E-state index in [1.165, 1.54) is 6.26 Å². The molecule has 0 fully saturated rings.